The molecule has 0 bridgehead atoms. The molecule has 1 nitrogen and oxygen atoms in total. The molecule has 0 amide bonds. The van der Waals surface area contributed by atoms with Gasteiger partial charge in [-0.3, -0.25) is 0 Å². The number of aryl methyl sites for hydroxylation is 2. The fourth-order valence-electron chi connectivity index (χ4n) is 3.26. The molecule has 3 rings (SSSR count). The molecule has 1 heteroatoms. The summed E-state index contributed by atoms with van der Waals surface area (Å²) >= 11 is 0. The highest BCUT2D eigenvalue weighted by Gasteiger charge is 2.22. The van der Waals surface area contributed by atoms with Crippen molar-refractivity contribution in [1.82, 2.24) is 0 Å². The maximum Gasteiger partial charge on any atom is 0.220 e. The summed E-state index contributed by atoms with van der Waals surface area (Å²) in [4.78, 5) is 0. The molecule has 0 aliphatic heterocycles. The van der Waals surface area contributed by atoms with Gasteiger partial charge in [0.15, 0.2) is 5.69 Å². The number of benzene rings is 2. The van der Waals surface area contributed by atoms with Gasteiger partial charge in [-0.2, -0.15) is 4.57 Å². The molecule has 0 fully saturated rings. The summed E-state index contributed by atoms with van der Waals surface area (Å²) < 4.78 is 10.7. The van der Waals surface area contributed by atoms with Crippen LogP contribution >= 0.6 is 0 Å². The first-order valence-electron chi connectivity index (χ1n) is 9.12. The average molecular weight is 319 g/mol. The third-order valence-electron chi connectivity index (χ3n) is 4.94. The Morgan fingerprint density at radius 1 is 0.958 bits per heavy atom. The van der Waals surface area contributed by atoms with Gasteiger partial charge < -0.3 is 0 Å². The number of hydrogen-bond acceptors (Lipinski definition) is 0. The molecule has 0 saturated carbocycles. The second-order valence-corrected chi connectivity index (χ2v) is 7.95. The smallest absolute Gasteiger partial charge is 0.198 e. The highest BCUT2D eigenvalue weighted by atomic mass is 14.9. The Kier molecular flexibility index (Phi) is 3.68. The molecule has 0 saturated heterocycles. The molecule has 0 unspecified atom stereocenters. The van der Waals surface area contributed by atoms with Crippen LogP contribution in [0.25, 0.3) is 22.0 Å². The van der Waals surface area contributed by atoms with E-state index in [4.69, 9.17) is 1.37 Å². The minimum absolute atomic E-state index is 0.108. The van der Waals surface area contributed by atoms with Gasteiger partial charge >= 0.3 is 0 Å². The summed E-state index contributed by atoms with van der Waals surface area (Å²) in [5.74, 6) is 0. The minimum Gasteiger partial charge on any atom is -0.198 e. The molecule has 0 aliphatic rings. The van der Waals surface area contributed by atoms with Crippen molar-refractivity contribution in [3.05, 3.63) is 64.8 Å². The van der Waals surface area contributed by atoms with Crippen molar-refractivity contribution in [1.29, 1.82) is 0 Å². The van der Waals surface area contributed by atoms with E-state index < -0.39 is 0 Å². The minimum atomic E-state index is 0.108. The molecule has 124 valence electrons. The predicted molar refractivity (Wildman–Crippen MR) is 103 cm³/mol. The van der Waals surface area contributed by atoms with Crippen LogP contribution in [-0.2, 0) is 12.5 Å². The van der Waals surface area contributed by atoms with Crippen LogP contribution in [0.2, 0.25) is 0 Å². The molecule has 1 aromatic heterocycles. The van der Waals surface area contributed by atoms with E-state index in [1.54, 1.807) is 0 Å². The van der Waals surface area contributed by atoms with Gasteiger partial charge in [-0.1, -0.05) is 50.6 Å². The Balaban J connectivity index is 2.46. The van der Waals surface area contributed by atoms with Gasteiger partial charge in [0.05, 0.1) is 12.3 Å². The van der Waals surface area contributed by atoms with Crippen molar-refractivity contribution in [2.24, 2.45) is 7.05 Å². The van der Waals surface area contributed by atoms with Crippen molar-refractivity contribution in [2.45, 2.75) is 47.0 Å². The fourth-order valence-corrected chi connectivity index (χ4v) is 3.26. The number of nitrogens with zero attached hydrogens (tertiary/aromatic N) is 1. The van der Waals surface area contributed by atoms with Crippen LogP contribution in [0.1, 0.15) is 44.5 Å². The molecule has 0 spiro atoms. The van der Waals surface area contributed by atoms with E-state index in [1.165, 1.54) is 27.9 Å². The Hall–Kier alpha value is -2.15. The molecule has 0 N–H and O–H groups in total. The molecular weight excluding hydrogens is 290 g/mol. The maximum atomic E-state index is 8.53. The average Bonchev–Trinajstić information content (AvgIpc) is 2.53. The fraction of sp³-hybridized carbons (Fsp3) is 0.348. The van der Waals surface area contributed by atoms with Crippen LogP contribution < -0.4 is 4.57 Å². The molecule has 2 aromatic carbocycles. The van der Waals surface area contributed by atoms with Gasteiger partial charge in [-0.05, 0) is 47.9 Å². The summed E-state index contributed by atoms with van der Waals surface area (Å²) in [7, 11) is 2.08. The summed E-state index contributed by atoms with van der Waals surface area (Å²) in [6.45, 7) is 13.1. The lowest BCUT2D eigenvalue weighted by atomic mass is 9.84. The molecule has 3 aromatic rings. The Morgan fingerprint density at radius 3 is 2.33 bits per heavy atom. The summed E-state index contributed by atoms with van der Waals surface area (Å²) in [6, 6.07) is 13.8. The zero-order valence-electron chi connectivity index (χ0n) is 16.9. The lowest BCUT2D eigenvalue weighted by Gasteiger charge is -2.21. The predicted octanol–water partition coefficient (Wildman–Crippen LogP) is 5.55. The van der Waals surface area contributed by atoms with Crippen LogP contribution in [0.4, 0.5) is 0 Å². The van der Waals surface area contributed by atoms with Crippen LogP contribution in [-0.4, -0.2) is 0 Å². The van der Waals surface area contributed by atoms with E-state index in [0.29, 0.717) is 6.04 Å². The number of fused-ring (bicyclic) bond motifs is 1. The first-order valence-corrected chi connectivity index (χ1v) is 8.62. The van der Waals surface area contributed by atoms with Crippen molar-refractivity contribution < 1.29 is 5.94 Å². The summed E-state index contributed by atoms with van der Waals surface area (Å²) in [6.07, 6.45) is 0. The zero-order chi connectivity index (χ0) is 18.5. The van der Waals surface area contributed by atoms with Crippen LogP contribution in [0.15, 0.2) is 42.4 Å². The summed E-state index contributed by atoms with van der Waals surface area (Å²) in [5, 5.41) is 2.18. The Bertz CT molecular complexity index is 978. The second kappa shape index (κ2) is 5.73. The van der Waals surface area contributed by atoms with E-state index in [1.807, 2.05) is 6.92 Å². The number of rotatable bonds is 1. The lowest BCUT2D eigenvalue weighted by Crippen LogP contribution is -2.35. The van der Waals surface area contributed by atoms with Gasteiger partial charge in [0, 0.05) is 13.0 Å². The van der Waals surface area contributed by atoms with Gasteiger partial charge in [0.25, 0.3) is 0 Å². The van der Waals surface area contributed by atoms with Crippen molar-refractivity contribution in [3.63, 3.8) is 0 Å². The highest BCUT2D eigenvalue weighted by molar-refractivity contribution is 5.94. The molecule has 0 aliphatic carbocycles. The van der Waals surface area contributed by atoms with Crippen LogP contribution in [0, 0.1) is 20.8 Å². The van der Waals surface area contributed by atoms with Gasteiger partial charge in [0.1, 0.15) is 7.05 Å². The molecule has 0 atom stereocenters. The third kappa shape index (κ3) is 2.84. The quantitative estimate of drug-likeness (QED) is 0.517. The Labute approximate surface area is 147 Å². The standard InChI is InChI=1S/C23H28N/c1-15-8-10-18-13-17(3)24(7)22(21(18)12-15)20-14-19(23(4,5)6)11-9-16(20)2/h8-14H,1-7H3/q+1/i13D. The SMILES string of the molecule is [2H]c1c(C)[n+](C)c(-c2cc(C(C)(C)C)ccc2C)c2cc(C)ccc12. The van der Waals surface area contributed by atoms with E-state index in [2.05, 4.69) is 82.6 Å². The molecule has 0 radical (unpaired) electrons. The molecule has 1 heterocycles. The van der Waals surface area contributed by atoms with E-state index in [9.17, 15) is 0 Å². The topological polar surface area (TPSA) is 3.88 Å². The maximum absolute atomic E-state index is 8.53. The van der Waals surface area contributed by atoms with Gasteiger partial charge in [0.2, 0.25) is 5.69 Å². The first kappa shape index (κ1) is 15.4. The van der Waals surface area contributed by atoms with E-state index >= 15 is 0 Å². The monoisotopic (exact) mass is 319 g/mol. The Morgan fingerprint density at radius 2 is 1.67 bits per heavy atom. The highest BCUT2D eigenvalue weighted by Crippen LogP contribution is 2.33. The molecular formula is C23H28N+. The van der Waals surface area contributed by atoms with Crippen molar-refractivity contribution in [3.8, 4) is 11.3 Å². The summed E-state index contributed by atoms with van der Waals surface area (Å²) in [5.41, 5.74) is 7.39. The van der Waals surface area contributed by atoms with Crippen LogP contribution in [0.5, 0.6) is 0 Å². The van der Waals surface area contributed by atoms with E-state index in [0.717, 1.165) is 16.5 Å². The van der Waals surface area contributed by atoms with E-state index in [-0.39, 0.29) is 5.41 Å². The third-order valence-corrected chi connectivity index (χ3v) is 4.94. The second-order valence-electron chi connectivity index (χ2n) is 7.95. The normalized spacial score (nSPS) is 12.5. The number of pyridine rings is 1. The largest absolute Gasteiger partial charge is 0.220 e. The molecule has 24 heavy (non-hydrogen) atoms. The number of aromatic nitrogens is 1. The van der Waals surface area contributed by atoms with Crippen LogP contribution in [0.3, 0.4) is 0 Å². The zero-order valence-corrected chi connectivity index (χ0v) is 15.9. The van der Waals surface area contributed by atoms with Gasteiger partial charge in [-0.25, -0.2) is 0 Å². The lowest BCUT2D eigenvalue weighted by molar-refractivity contribution is -0.665. The number of hydrogen-bond donors (Lipinski definition) is 0. The first-order chi connectivity index (χ1) is 11.6. The van der Waals surface area contributed by atoms with Crippen molar-refractivity contribution in [2.75, 3.05) is 0 Å². The van der Waals surface area contributed by atoms with Crippen molar-refractivity contribution >= 4 is 10.8 Å². The van der Waals surface area contributed by atoms with Gasteiger partial charge in [-0.15, -0.1) is 0 Å².